The molecule has 1 aromatic rings. The Morgan fingerprint density at radius 1 is 1.47 bits per heavy atom. The van der Waals surface area contributed by atoms with Gasteiger partial charge in [0.25, 0.3) is 0 Å². The van der Waals surface area contributed by atoms with E-state index in [1.165, 1.54) is 5.56 Å². The van der Waals surface area contributed by atoms with Gasteiger partial charge in [0.15, 0.2) is 6.29 Å². The fraction of sp³-hybridized carbons (Fsp3) is 0.500. The van der Waals surface area contributed by atoms with Crippen LogP contribution in [0.2, 0.25) is 5.02 Å². The first-order valence-electron chi connectivity index (χ1n) is 5.89. The van der Waals surface area contributed by atoms with E-state index < -0.39 is 0 Å². The minimum Gasteiger partial charge on any atom is -0.369 e. The molecule has 0 N–H and O–H groups in total. The third-order valence-corrected chi connectivity index (χ3v) is 4.21. The summed E-state index contributed by atoms with van der Waals surface area (Å²) in [5.41, 5.74) is 3.08. The quantitative estimate of drug-likeness (QED) is 0.706. The SMILES string of the molecule is CC1CC(C)(C)N(C)c2cc(Cl)c(C=O)cc21. The average molecular weight is 252 g/mol. The molecule has 1 aliphatic rings. The Bertz CT molecular complexity index is 468. The molecule has 1 heterocycles. The molecule has 0 spiro atoms. The zero-order chi connectivity index (χ0) is 12.8. The maximum atomic E-state index is 10.9. The first-order valence-corrected chi connectivity index (χ1v) is 6.27. The normalized spacial score (nSPS) is 22.2. The molecule has 1 aromatic carbocycles. The van der Waals surface area contributed by atoms with Gasteiger partial charge in [0.2, 0.25) is 0 Å². The predicted molar refractivity (Wildman–Crippen MR) is 72.4 cm³/mol. The number of benzene rings is 1. The Hall–Kier alpha value is -1.02. The van der Waals surface area contributed by atoms with Crippen LogP contribution in [0.25, 0.3) is 0 Å². The van der Waals surface area contributed by atoms with Crippen molar-refractivity contribution in [3.05, 3.63) is 28.3 Å². The maximum Gasteiger partial charge on any atom is 0.151 e. The molecule has 0 fully saturated rings. The summed E-state index contributed by atoms with van der Waals surface area (Å²) in [6.45, 7) is 6.66. The van der Waals surface area contributed by atoms with Crippen LogP contribution in [0, 0.1) is 0 Å². The highest BCUT2D eigenvalue weighted by molar-refractivity contribution is 6.33. The van der Waals surface area contributed by atoms with Crippen LogP contribution in [-0.2, 0) is 0 Å². The van der Waals surface area contributed by atoms with E-state index in [0.717, 1.165) is 18.4 Å². The average Bonchev–Trinajstić information content (AvgIpc) is 2.25. The van der Waals surface area contributed by atoms with Crippen molar-refractivity contribution in [1.82, 2.24) is 0 Å². The van der Waals surface area contributed by atoms with Crippen molar-refractivity contribution in [2.45, 2.75) is 38.6 Å². The lowest BCUT2D eigenvalue weighted by molar-refractivity contribution is 0.112. The first-order chi connectivity index (χ1) is 7.86. The molecule has 0 amide bonds. The molecule has 0 radical (unpaired) electrons. The molecular weight excluding hydrogens is 234 g/mol. The summed E-state index contributed by atoms with van der Waals surface area (Å²) >= 11 is 6.11. The summed E-state index contributed by atoms with van der Waals surface area (Å²) in [5.74, 6) is 0.451. The second kappa shape index (κ2) is 4.02. The predicted octanol–water partition coefficient (Wildman–Crippen LogP) is 3.87. The number of rotatable bonds is 1. The van der Waals surface area contributed by atoms with E-state index >= 15 is 0 Å². The summed E-state index contributed by atoms with van der Waals surface area (Å²) in [6.07, 6.45) is 1.91. The van der Waals surface area contributed by atoms with Gasteiger partial charge >= 0.3 is 0 Å². The highest BCUT2D eigenvalue weighted by Gasteiger charge is 2.34. The second-order valence-corrected chi connectivity index (χ2v) is 5.93. The number of hydrogen-bond donors (Lipinski definition) is 0. The lowest BCUT2D eigenvalue weighted by Crippen LogP contribution is -2.45. The van der Waals surface area contributed by atoms with Crippen LogP contribution in [-0.4, -0.2) is 18.9 Å². The fourth-order valence-corrected chi connectivity index (χ4v) is 2.90. The van der Waals surface area contributed by atoms with Gasteiger partial charge in [-0.15, -0.1) is 0 Å². The van der Waals surface area contributed by atoms with Crippen LogP contribution in [0.5, 0.6) is 0 Å². The minimum absolute atomic E-state index is 0.123. The molecule has 1 unspecified atom stereocenters. The van der Waals surface area contributed by atoms with Crippen molar-refractivity contribution < 1.29 is 4.79 Å². The van der Waals surface area contributed by atoms with Crippen molar-refractivity contribution in [2.24, 2.45) is 0 Å². The molecule has 0 aromatic heterocycles. The van der Waals surface area contributed by atoms with Crippen LogP contribution in [0.15, 0.2) is 12.1 Å². The third-order valence-electron chi connectivity index (χ3n) is 3.88. The molecule has 2 rings (SSSR count). The van der Waals surface area contributed by atoms with E-state index in [9.17, 15) is 4.79 Å². The van der Waals surface area contributed by atoms with E-state index in [2.05, 4.69) is 32.7 Å². The van der Waals surface area contributed by atoms with Crippen molar-refractivity contribution in [3.8, 4) is 0 Å². The molecule has 92 valence electrons. The topological polar surface area (TPSA) is 20.3 Å². The molecule has 1 atom stereocenters. The number of anilines is 1. The minimum atomic E-state index is 0.123. The fourth-order valence-electron chi connectivity index (χ4n) is 2.69. The Balaban J connectivity index is 2.61. The van der Waals surface area contributed by atoms with E-state index in [1.807, 2.05) is 12.1 Å². The molecule has 0 aliphatic carbocycles. The maximum absolute atomic E-state index is 10.9. The number of carbonyl (C=O) groups excluding carboxylic acids is 1. The number of aldehydes is 1. The van der Waals surface area contributed by atoms with Gasteiger partial charge < -0.3 is 4.90 Å². The van der Waals surface area contributed by atoms with Gasteiger partial charge in [-0.3, -0.25) is 4.79 Å². The van der Waals surface area contributed by atoms with Gasteiger partial charge in [-0.25, -0.2) is 0 Å². The summed E-state index contributed by atoms with van der Waals surface area (Å²) in [6, 6.07) is 3.85. The van der Waals surface area contributed by atoms with Crippen molar-refractivity contribution in [3.63, 3.8) is 0 Å². The lowest BCUT2D eigenvalue weighted by atomic mass is 9.80. The first kappa shape index (κ1) is 12.4. The summed E-state index contributed by atoms with van der Waals surface area (Å²) in [5, 5.41) is 0.538. The highest BCUT2D eigenvalue weighted by Crippen LogP contribution is 2.43. The standard InChI is InChI=1S/C14H18ClNO/c1-9-7-14(2,3)16(4)13-6-12(15)10(8-17)5-11(9)13/h5-6,8-9H,7H2,1-4H3. The number of fused-ring (bicyclic) bond motifs is 1. The van der Waals surface area contributed by atoms with Crippen LogP contribution in [0.3, 0.4) is 0 Å². The summed E-state index contributed by atoms with van der Waals surface area (Å²) in [4.78, 5) is 13.2. The molecule has 1 aliphatic heterocycles. The Labute approximate surface area is 108 Å². The van der Waals surface area contributed by atoms with E-state index in [-0.39, 0.29) is 5.54 Å². The Morgan fingerprint density at radius 2 is 2.12 bits per heavy atom. The van der Waals surface area contributed by atoms with Gasteiger partial charge in [-0.05, 0) is 43.9 Å². The molecule has 0 saturated carbocycles. The Morgan fingerprint density at radius 3 is 2.71 bits per heavy atom. The zero-order valence-electron chi connectivity index (χ0n) is 10.7. The van der Waals surface area contributed by atoms with E-state index in [4.69, 9.17) is 11.6 Å². The molecular formula is C14H18ClNO. The van der Waals surface area contributed by atoms with Gasteiger partial charge in [0.05, 0.1) is 5.02 Å². The van der Waals surface area contributed by atoms with Crippen LogP contribution in [0.1, 0.15) is 49.0 Å². The smallest absolute Gasteiger partial charge is 0.151 e. The van der Waals surface area contributed by atoms with Crippen molar-refractivity contribution in [2.75, 3.05) is 11.9 Å². The lowest BCUT2D eigenvalue weighted by Gasteiger charge is -2.45. The number of carbonyl (C=O) groups is 1. The Kier molecular flexibility index (Phi) is 2.94. The molecule has 17 heavy (non-hydrogen) atoms. The highest BCUT2D eigenvalue weighted by atomic mass is 35.5. The number of hydrogen-bond acceptors (Lipinski definition) is 2. The van der Waals surface area contributed by atoms with Crippen molar-refractivity contribution in [1.29, 1.82) is 0 Å². The monoisotopic (exact) mass is 251 g/mol. The molecule has 0 bridgehead atoms. The molecule has 0 saturated heterocycles. The van der Waals surface area contributed by atoms with Gasteiger partial charge in [0.1, 0.15) is 0 Å². The number of halogens is 1. The molecule has 3 heteroatoms. The van der Waals surface area contributed by atoms with Crippen molar-refractivity contribution >= 4 is 23.6 Å². The van der Waals surface area contributed by atoms with E-state index in [0.29, 0.717) is 16.5 Å². The third kappa shape index (κ3) is 1.95. The van der Waals surface area contributed by atoms with Crippen LogP contribution < -0.4 is 4.90 Å². The second-order valence-electron chi connectivity index (χ2n) is 5.53. The van der Waals surface area contributed by atoms with Gasteiger partial charge in [-0.2, -0.15) is 0 Å². The largest absolute Gasteiger partial charge is 0.369 e. The summed E-state index contributed by atoms with van der Waals surface area (Å²) in [7, 11) is 2.08. The van der Waals surface area contributed by atoms with Gasteiger partial charge in [-0.1, -0.05) is 18.5 Å². The van der Waals surface area contributed by atoms with Crippen LogP contribution in [0.4, 0.5) is 5.69 Å². The van der Waals surface area contributed by atoms with Gasteiger partial charge in [0, 0.05) is 23.8 Å². The summed E-state index contributed by atoms with van der Waals surface area (Å²) < 4.78 is 0. The van der Waals surface area contributed by atoms with Crippen LogP contribution >= 0.6 is 11.6 Å². The number of nitrogens with zero attached hydrogens (tertiary/aromatic N) is 1. The van der Waals surface area contributed by atoms with E-state index in [1.54, 1.807) is 0 Å². The molecule has 2 nitrogen and oxygen atoms in total. The zero-order valence-corrected chi connectivity index (χ0v) is 11.5.